The highest BCUT2D eigenvalue weighted by Gasteiger charge is 2.16. The van der Waals surface area contributed by atoms with Crippen LogP contribution in [0.1, 0.15) is 18.5 Å². The Labute approximate surface area is 105 Å². The van der Waals surface area contributed by atoms with Crippen LogP contribution >= 0.6 is 23.2 Å². The standard InChI is InChI=1S/C11H13Cl2NO2/c1-7(14(2)6-11(15)16)9-4-3-8(12)5-10(9)13/h3-5,7H,6H2,1-2H3,(H,15,16)/t7-/m1/s1. The monoisotopic (exact) mass is 261 g/mol. The number of likely N-dealkylation sites (N-methyl/N-ethyl adjacent to an activating group) is 1. The van der Waals surface area contributed by atoms with Crippen LogP contribution in [0, 0.1) is 0 Å². The van der Waals surface area contributed by atoms with Gasteiger partial charge in [-0.05, 0) is 31.7 Å². The van der Waals surface area contributed by atoms with Crippen LogP contribution in [-0.2, 0) is 4.79 Å². The van der Waals surface area contributed by atoms with E-state index in [-0.39, 0.29) is 12.6 Å². The van der Waals surface area contributed by atoms with Gasteiger partial charge >= 0.3 is 5.97 Å². The molecule has 0 unspecified atom stereocenters. The Kier molecular flexibility index (Phi) is 4.59. The summed E-state index contributed by atoms with van der Waals surface area (Å²) in [5.41, 5.74) is 0.870. The molecule has 0 amide bonds. The van der Waals surface area contributed by atoms with Crippen LogP contribution in [0.5, 0.6) is 0 Å². The van der Waals surface area contributed by atoms with Crippen LogP contribution in [0.3, 0.4) is 0 Å². The third-order valence-electron chi connectivity index (χ3n) is 2.46. The molecule has 0 heterocycles. The molecule has 0 spiro atoms. The highest BCUT2D eigenvalue weighted by molar-refractivity contribution is 6.35. The van der Waals surface area contributed by atoms with E-state index in [0.29, 0.717) is 10.0 Å². The maximum atomic E-state index is 10.6. The summed E-state index contributed by atoms with van der Waals surface area (Å²) in [4.78, 5) is 12.3. The number of nitrogens with zero attached hydrogens (tertiary/aromatic N) is 1. The van der Waals surface area contributed by atoms with Gasteiger partial charge in [0.25, 0.3) is 0 Å². The zero-order valence-corrected chi connectivity index (χ0v) is 10.6. The molecule has 0 aliphatic heterocycles. The van der Waals surface area contributed by atoms with E-state index >= 15 is 0 Å². The van der Waals surface area contributed by atoms with Gasteiger partial charge in [0.1, 0.15) is 0 Å². The first-order chi connectivity index (χ1) is 7.41. The minimum Gasteiger partial charge on any atom is -0.480 e. The number of halogens is 2. The van der Waals surface area contributed by atoms with Gasteiger partial charge in [-0.1, -0.05) is 29.3 Å². The molecule has 0 fully saturated rings. The Bertz CT molecular complexity index is 396. The van der Waals surface area contributed by atoms with Gasteiger partial charge in [0.2, 0.25) is 0 Å². The molecule has 3 nitrogen and oxygen atoms in total. The molecule has 0 bridgehead atoms. The van der Waals surface area contributed by atoms with Crippen molar-refractivity contribution in [2.45, 2.75) is 13.0 Å². The van der Waals surface area contributed by atoms with Crippen molar-refractivity contribution in [3.05, 3.63) is 33.8 Å². The van der Waals surface area contributed by atoms with E-state index in [2.05, 4.69) is 0 Å². The van der Waals surface area contributed by atoms with Crippen LogP contribution < -0.4 is 0 Å². The number of benzene rings is 1. The number of hydrogen-bond donors (Lipinski definition) is 1. The highest BCUT2D eigenvalue weighted by atomic mass is 35.5. The van der Waals surface area contributed by atoms with E-state index in [9.17, 15) is 4.79 Å². The number of carbonyl (C=O) groups is 1. The topological polar surface area (TPSA) is 40.5 Å². The molecule has 1 aromatic carbocycles. The summed E-state index contributed by atoms with van der Waals surface area (Å²) in [5, 5.41) is 9.82. The summed E-state index contributed by atoms with van der Waals surface area (Å²) in [6.07, 6.45) is 0. The Morgan fingerprint density at radius 2 is 2.12 bits per heavy atom. The Morgan fingerprint density at radius 3 is 2.62 bits per heavy atom. The normalized spacial score (nSPS) is 12.8. The van der Waals surface area contributed by atoms with Crippen molar-refractivity contribution < 1.29 is 9.90 Å². The first-order valence-corrected chi connectivity index (χ1v) is 5.54. The third kappa shape index (κ3) is 3.37. The first-order valence-electron chi connectivity index (χ1n) is 4.78. The summed E-state index contributed by atoms with van der Waals surface area (Å²) in [5.74, 6) is -0.862. The van der Waals surface area contributed by atoms with Crippen LogP contribution in [0.15, 0.2) is 18.2 Å². The van der Waals surface area contributed by atoms with Gasteiger partial charge in [-0.2, -0.15) is 0 Å². The first kappa shape index (κ1) is 13.3. The second-order valence-corrected chi connectivity index (χ2v) is 4.49. The molecular weight excluding hydrogens is 249 g/mol. The molecule has 0 saturated carbocycles. The van der Waals surface area contributed by atoms with Crippen molar-refractivity contribution in [2.75, 3.05) is 13.6 Å². The van der Waals surface area contributed by atoms with Crippen LogP contribution in [-0.4, -0.2) is 29.6 Å². The highest BCUT2D eigenvalue weighted by Crippen LogP contribution is 2.28. The molecule has 0 radical (unpaired) electrons. The maximum absolute atomic E-state index is 10.6. The third-order valence-corrected chi connectivity index (χ3v) is 3.02. The molecule has 1 rings (SSSR count). The molecule has 16 heavy (non-hydrogen) atoms. The van der Waals surface area contributed by atoms with Gasteiger partial charge in [-0.25, -0.2) is 0 Å². The molecule has 0 aliphatic carbocycles. The van der Waals surface area contributed by atoms with Crippen molar-refractivity contribution in [1.29, 1.82) is 0 Å². The van der Waals surface area contributed by atoms with Gasteiger partial charge in [0.05, 0.1) is 6.54 Å². The molecule has 0 saturated heterocycles. The second kappa shape index (κ2) is 5.53. The maximum Gasteiger partial charge on any atom is 0.317 e. The van der Waals surface area contributed by atoms with Crippen molar-refractivity contribution >= 4 is 29.2 Å². The zero-order valence-electron chi connectivity index (χ0n) is 9.08. The van der Waals surface area contributed by atoms with E-state index in [1.54, 1.807) is 24.1 Å². The van der Waals surface area contributed by atoms with Crippen molar-refractivity contribution in [2.24, 2.45) is 0 Å². The van der Waals surface area contributed by atoms with Gasteiger partial charge in [-0.3, -0.25) is 9.69 Å². The van der Waals surface area contributed by atoms with E-state index in [0.717, 1.165) is 5.56 Å². The van der Waals surface area contributed by atoms with Crippen LogP contribution in [0.4, 0.5) is 0 Å². The van der Waals surface area contributed by atoms with E-state index in [1.165, 1.54) is 0 Å². The second-order valence-electron chi connectivity index (χ2n) is 3.65. The predicted molar refractivity (Wildman–Crippen MR) is 65.1 cm³/mol. The molecule has 1 atom stereocenters. The lowest BCUT2D eigenvalue weighted by Gasteiger charge is -2.24. The van der Waals surface area contributed by atoms with Gasteiger partial charge in [0.15, 0.2) is 0 Å². The number of hydrogen-bond acceptors (Lipinski definition) is 2. The predicted octanol–water partition coefficient (Wildman–Crippen LogP) is 3.07. The van der Waals surface area contributed by atoms with Gasteiger partial charge in [-0.15, -0.1) is 0 Å². The average molecular weight is 262 g/mol. The van der Waals surface area contributed by atoms with Crippen molar-refractivity contribution in [1.82, 2.24) is 4.90 Å². The lowest BCUT2D eigenvalue weighted by atomic mass is 10.1. The fourth-order valence-corrected chi connectivity index (χ4v) is 1.99. The van der Waals surface area contributed by atoms with Gasteiger partial charge in [0, 0.05) is 16.1 Å². The fourth-order valence-electron chi connectivity index (χ4n) is 1.43. The van der Waals surface area contributed by atoms with Gasteiger partial charge < -0.3 is 5.11 Å². The molecule has 0 aromatic heterocycles. The quantitative estimate of drug-likeness (QED) is 0.906. The number of rotatable bonds is 4. The minimum atomic E-state index is -0.862. The fraction of sp³-hybridized carbons (Fsp3) is 0.364. The Hall–Kier alpha value is -0.770. The average Bonchev–Trinajstić information content (AvgIpc) is 2.15. The molecule has 0 aliphatic rings. The van der Waals surface area contributed by atoms with Crippen molar-refractivity contribution in [3.8, 4) is 0 Å². The zero-order chi connectivity index (χ0) is 12.3. The largest absolute Gasteiger partial charge is 0.480 e. The van der Waals surface area contributed by atoms with Crippen molar-refractivity contribution in [3.63, 3.8) is 0 Å². The SMILES string of the molecule is C[C@H](c1ccc(Cl)cc1Cl)N(C)CC(=O)O. The summed E-state index contributed by atoms with van der Waals surface area (Å²) < 4.78 is 0. The number of carboxylic acid groups (broad SMARTS) is 1. The Balaban J connectivity index is 2.87. The van der Waals surface area contributed by atoms with Crippen LogP contribution in [0.2, 0.25) is 10.0 Å². The summed E-state index contributed by atoms with van der Waals surface area (Å²) in [6.45, 7) is 1.87. The van der Waals surface area contributed by atoms with E-state index in [4.69, 9.17) is 28.3 Å². The summed E-state index contributed by atoms with van der Waals surface area (Å²) in [7, 11) is 1.74. The summed E-state index contributed by atoms with van der Waals surface area (Å²) >= 11 is 11.8. The lowest BCUT2D eigenvalue weighted by Crippen LogP contribution is -2.28. The number of aliphatic carboxylic acids is 1. The lowest BCUT2D eigenvalue weighted by molar-refractivity contribution is -0.138. The van der Waals surface area contributed by atoms with E-state index in [1.807, 2.05) is 13.0 Å². The Morgan fingerprint density at radius 1 is 1.50 bits per heavy atom. The smallest absolute Gasteiger partial charge is 0.317 e. The molecule has 1 aromatic rings. The molecule has 1 N–H and O–H groups in total. The van der Waals surface area contributed by atoms with E-state index < -0.39 is 5.97 Å². The summed E-state index contributed by atoms with van der Waals surface area (Å²) in [6, 6.07) is 5.14. The van der Waals surface area contributed by atoms with Crippen LogP contribution in [0.25, 0.3) is 0 Å². The number of carboxylic acids is 1. The molecule has 5 heteroatoms. The molecule has 88 valence electrons. The minimum absolute atomic E-state index is 0.0277. The molecular formula is C11H13Cl2NO2.